The molecule has 2 amide bonds. The van der Waals surface area contributed by atoms with E-state index in [4.69, 9.17) is 4.42 Å². The van der Waals surface area contributed by atoms with Crippen molar-refractivity contribution in [1.29, 1.82) is 0 Å². The van der Waals surface area contributed by atoms with Crippen molar-refractivity contribution in [3.63, 3.8) is 0 Å². The molecule has 0 aliphatic rings. The number of amides is 2. The van der Waals surface area contributed by atoms with Crippen LogP contribution in [0.3, 0.4) is 0 Å². The second kappa shape index (κ2) is 5.43. The highest BCUT2D eigenvalue weighted by Crippen LogP contribution is 2.16. The lowest BCUT2D eigenvalue weighted by atomic mass is 10.1. The van der Waals surface area contributed by atoms with Crippen LogP contribution >= 0.6 is 0 Å². The molecule has 2 N–H and O–H groups in total. The topological polar surface area (TPSA) is 89.2 Å². The standard InChI is InChI=1S/C14H18N4O3/c1-9-8-10(17-18(9)14(2,3)4)12(19)15-16-13(20)11-6-5-7-21-11/h5-8H,1-4H3,(H,15,19)(H,16,20). The molecule has 112 valence electrons. The average Bonchev–Trinajstić information content (AvgIpc) is 3.03. The third kappa shape index (κ3) is 3.31. The van der Waals surface area contributed by atoms with Gasteiger partial charge in [-0.25, -0.2) is 0 Å². The number of hydrogen-bond acceptors (Lipinski definition) is 4. The van der Waals surface area contributed by atoms with Crippen LogP contribution in [0, 0.1) is 6.92 Å². The summed E-state index contributed by atoms with van der Waals surface area (Å²) in [5, 5.41) is 4.25. The molecule has 0 bridgehead atoms. The third-order valence-electron chi connectivity index (χ3n) is 2.79. The van der Waals surface area contributed by atoms with Crippen molar-refractivity contribution in [2.75, 3.05) is 0 Å². The smallest absolute Gasteiger partial charge is 0.305 e. The second-order valence-electron chi connectivity index (χ2n) is 5.64. The van der Waals surface area contributed by atoms with E-state index >= 15 is 0 Å². The van der Waals surface area contributed by atoms with E-state index in [9.17, 15) is 9.59 Å². The van der Waals surface area contributed by atoms with Crippen molar-refractivity contribution in [1.82, 2.24) is 20.6 Å². The predicted octanol–water partition coefficient (Wildman–Crippen LogP) is 1.61. The largest absolute Gasteiger partial charge is 0.459 e. The molecule has 21 heavy (non-hydrogen) atoms. The molecule has 2 aromatic rings. The van der Waals surface area contributed by atoms with Crippen molar-refractivity contribution >= 4 is 11.8 Å². The molecule has 0 aliphatic carbocycles. The van der Waals surface area contributed by atoms with E-state index in [0.29, 0.717) is 0 Å². The minimum Gasteiger partial charge on any atom is -0.459 e. The first-order chi connectivity index (χ1) is 9.79. The van der Waals surface area contributed by atoms with Gasteiger partial charge in [0.2, 0.25) is 0 Å². The molecule has 0 spiro atoms. The Bertz CT molecular complexity index is 650. The van der Waals surface area contributed by atoms with Crippen LogP contribution in [0.4, 0.5) is 0 Å². The molecular weight excluding hydrogens is 272 g/mol. The number of hydrogen-bond donors (Lipinski definition) is 2. The number of aromatic nitrogens is 2. The van der Waals surface area contributed by atoms with Gasteiger partial charge in [-0.05, 0) is 45.9 Å². The molecule has 0 fully saturated rings. The van der Waals surface area contributed by atoms with Gasteiger partial charge in [0.25, 0.3) is 5.91 Å². The Morgan fingerprint density at radius 2 is 1.90 bits per heavy atom. The Kier molecular flexibility index (Phi) is 3.84. The van der Waals surface area contributed by atoms with Crippen LogP contribution in [0.2, 0.25) is 0 Å². The fourth-order valence-electron chi connectivity index (χ4n) is 1.91. The SMILES string of the molecule is Cc1cc(C(=O)NNC(=O)c2ccco2)nn1C(C)(C)C. The maximum absolute atomic E-state index is 12.0. The second-order valence-corrected chi connectivity index (χ2v) is 5.64. The predicted molar refractivity (Wildman–Crippen MR) is 75.6 cm³/mol. The summed E-state index contributed by atoms with van der Waals surface area (Å²) >= 11 is 0. The van der Waals surface area contributed by atoms with E-state index in [0.717, 1.165) is 5.69 Å². The maximum Gasteiger partial charge on any atom is 0.305 e. The normalized spacial score (nSPS) is 11.2. The highest BCUT2D eigenvalue weighted by molar-refractivity contribution is 5.96. The van der Waals surface area contributed by atoms with Crippen molar-refractivity contribution < 1.29 is 14.0 Å². The van der Waals surface area contributed by atoms with Crippen molar-refractivity contribution in [2.45, 2.75) is 33.2 Å². The molecule has 0 radical (unpaired) electrons. The molecule has 2 rings (SSSR count). The summed E-state index contributed by atoms with van der Waals surface area (Å²) in [5.41, 5.74) is 5.46. The molecule has 7 nitrogen and oxygen atoms in total. The lowest BCUT2D eigenvalue weighted by Crippen LogP contribution is -2.41. The molecule has 2 heterocycles. The maximum atomic E-state index is 12.0. The van der Waals surface area contributed by atoms with Crippen LogP contribution in [-0.4, -0.2) is 21.6 Å². The van der Waals surface area contributed by atoms with Gasteiger partial charge in [-0.2, -0.15) is 5.10 Å². The Balaban J connectivity index is 2.03. The number of hydrazine groups is 1. The van der Waals surface area contributed by atoms with Gasteiger partial charge >= 0.3 is 5.91 Å². The zero-order valence-corrected chi connectivity index (χ0v) is 12.4. The number of carbonyl (C=O) groups excluding carboxylic acids is 2. The molecular formula is C14H18N4O3. The van der Waals surface area contributed by atoms with Gasteiger partial charge in [0.1, 0.15) is 0 Å². The van der Waals surface area contributed by atoms with Gasteiger partial charge in [-0.1, -0.05) is 0 Å². The summed E-state index contributed by atoms with van der Waals surface area (Å²) < 4.78 is 6.68. The average molecular weight is 290 g/mol. The fraction of sp³-hybridized carbons (Fsp3) is 0.357. The van der Waals surface area contributed by atoms with E-state index < -0.39 is 11.8 Å². The first kappa shape index (κ1) is 14.8. The Labute approximate surface area is 122 Å². The Hall–Kier alpha value is -2.57. The zero-order chi connectivity index (χ0) is 15.6. The van der Waals surface area contributed by atoms with Crippen LogP contribution in [-0.2, 0) is 5.54 Å². The van der Waals surface area contributed by atoms with Gasteiger partial charge in [0.15, 0.2) is 11.5 Å². The summed E-state index contributed by atoms with van der Waals surface area (Å²) in [4.78, 5) is 23.6. The highest BCUT2D eigenvalue weighted by Gasteiger charge is 2.20. The van der Waals surface area contributed by atoms with Crippen molar-refractivity contribution in [3.8, 4) is 0 Å². The van der Waals surface area contributed by atoms with Crippen LogP contribution in [0.1, 0.15) is 47.5 Å². The molecule has 0 saturated carbocycles. The van der Waals surface area contributed by atoms with E-state index in [1.165, 1.54) is 12.3 Å². The molecule has 0 saturated heterocycles. The van der Waals surface area contributed by atoms with Gasteiger partial charge in [0.05, 0.1) is 11.8 Å². The lowest BCUT2D eigenvalue weighted by Gasteiger charge is -2.21. The van der Waals surface area contributed by atoms with Crippen LogP contribution in [0.25, 0.3) is 0 Å². The molecule has 0 aromatic carbocycles. The lowest BCUT2D eigenvalue weighted by molar-refractivity contribution is 0.0827. The van der Waals surface area contributed by atoms with E-state index in [2.05, 4.69) is 16.0 Å². The van der Waals surface area contributed by atoms with Crippen molar-refractivity contribution in [3.05, 3.63) is 41.6 Å². The quantitative estimate of drug-likeness (QED) is 0.822. The number of nitrogens with zero attached hydrogens (tertiary/aromatic N) is 2. The molecule has 0 atom stereocenters. The number of rotatable bonds is 2. The molecule has 0 unspecified atom stereocenters. The van der Waals surface area contributed by atoms with Crippen LogP contribution < -0.4 is 10.9 Å². The van der Waals surface area contributed by atoms with Crippen LogP contribution in [0.5, 0.6) is 0 Å². The minimum atomic E-state index is -0.527. The first-order valence-corrected chi connectivity index (χ1v) is 6.50. The Morgan fingerprint density at radius 3 is 2.43 bits per heavy atom. The summed E-state index contributed by atoms with van der Waals surface area (Å²) in [6, 6.07) is 4.75. The summed E-state index contributed by atoms with van der Waals surface area (Å²) in [7, 11) is 0. The highest BCUT2D eigenvalue weighted by atomic mass is 16.3. The summed E-state index contributed by atoms with van der Waals surface area (Å²) in [6.45, 7) is 7.85. The van der Waals surface area contributed by atoms with Gasteiger partial charge in [-0.3, -0.25) is 25.1 Å². The van der Waals surface area contributed by atoms with Gasteiger partial charge in [-0.15, -0.1) is 0 Å². The van der Waals surface area contributed by atoms with Crippen molar-refractivity contribution in [2.24, 2.45) is 0 Å². The van der Waals surface area contributed by atoms with Gasteiger partial charge in [0, 0.05) is 5.69 Å². The molecule has 7 heteroatoms. The van der Waals surface area contributed by atoms with E-state index in [-0.39, 0.29) is 17.0 Å². The number of furan rings is 1. The Morgan fingerprint density at radius 1 is 1.24 bits per heavy atom. The summed E-state index contributed by atoms with van der Waals surface area (Å²) in [6.07, 6.45) is 1.38. The monoisotopic (exact) mass is 290 g/mol. The number of carbonyl (C=O) groups is 2. The third-order valence-corrected chi connectivity index (χ3v) is 2.79. The summed E-state index contributed by atoms with van der Waals surface area (Å²) in [5.74, 6) is -0.895. The van der Waals surface area contributed by atoms with E-state index in [1.54, 1.807) is 16.8 Å². The molecule has 0 aliphatic heterocycles. The zero-order valence-electron chi connectivity index (χ0n) is 12.4. The first-order valence-electron chi connectivity index (χ1n) is 6.50. The minimum absolute atomic E-state index is 0.117. The molecule has 2 aromatic heterocycles. The van der Waals surface area contributed by atoms with Crippen LogP contribution in [0.15, 0.2) is 28.9 Å². The number of aryl methyl sites for hydroxylation is 1. The van der Waals surface area contributed by atoms with Gasteiger partial charge < -0.3 is 4.42 Å². The van der Waals surface area contributed by atoms with E-state index in [1.807, 2.05) is 27.7 Å². The fourth-order valence-corrected chi connectivity index (χ4v) is 1.91. The number of nitrogens with one attached hydrogen (secondary N) is 2.